The maximum absolute atomic E-state index is 14.3. The molecule has 4 aromatic rings. The van der Waals surface area contributed by atoms with Gasteiger partial charge in [0, 0.05) is 9.13 Å². The first-order valence-electron chi connectivity index (χ1n) is 14.8. The van der Waals surface area contributed by atoms with Crippen LogP contribution in [0.3, 0.4) is 0 Å². The summed E-state index contributed by atoms with van der Waals surface area (Å²) in [6.45, 7) is 7.60. The Labute approximate surface area is 289 Å². The van der Waals surface area contributed by atoms with E-state index in [0.717, 1.165) is 9.13 Å². The van der Waals surface area contributed by atoms with Crippen molar-refractivity contribution < 1.29 is 32.9 Å². The minimum atomic E-state index is -0.839. The fourth-order valence-corrected chi connectivity index (χ4v) is 6.85. The first-order chi connectivity index (χ1) is 22.5. The van der Waals surface area contributed by atoms with Crippen LogP contribution >= 0.6 is 33.9 Å². The van der Waals surface area contributed by atoms with Gasteiger partial charge >= 0.3 is 5.97 Å². The number of hydrogen-bond donors (Lipinski definition) is 0. The van der Waals surface area contributed by atoms with Crippen molar-refractivity contribution in [2.24, 2.45) is 4.99 Å². The maximum Gasteiger partial charge on any atom is 0.338 e. The molecule has 2 heterocycles. The number of benzene rings is 3. The average Bonchev–Trinajstić information content (AvgIpc) is 3.34. The van der Waals surface area contributed by atoms with Gasteiger partial charge in [-0.05, 0) is 104 Å². The van der Waals surface area contributed by atoms with E-state index in [2.05, 4.69) is 27.6 Å². The van der Waals surface area contributed by atoms with Crippen LogP contribution in [0.4, 0.5) is 4.39 Å². The van der Waals surface area contributed by atoms with Crippen molar-refractivity contribution in [2.45, 2.75) is 46.4 Å². The molecule has 0 radical (unpaired) electrons. The number of carbonyl (C=O) groups is 1. The van der Waals surface area contributed by atoms with Gasteiger partial charge in [0.05, 0.1) is 48.8 Å². The monoisotopic (exact) mass is 772 g/mol. The Balaban J connectivity index is 1.67. The molecule has 0 saturated heterocycles. The fourth-order valence-electron chi connectivity index (χ4n) is 5.19. The Kier molecular flexibility index (Phi) is 10.7. The SMILES string of the molecule is CCOC(=O)C1=C(C)N=c2s/c(=C/c3cc(I)cc(OC)c3OCc3ccc(F)cc3)c(=O)n2[C@@H]1c1ccc(OC(C)C)c(OC)c1. The molecule has 0 bridgehead atoms. The van der Waals surface area contributed by atoms with Crippen molar-refractivity contribution in [1.29, 1.82) is 0 Å². The molecule has 3 aromatic carbocycles. The lowest BCUT2D eigenvalue weighted by atomic mass is 9.95. The summed E-state index contributed by atoms with van der Waals surface area (Å²) in [5.74, 6) is 1.01. The summed E-state index contributed by atoms with van der Waals surface area (Å²) >= 11 is 3.37. The van der Waals surface area contributed by atoms with Crippen LogP contribution in [0.5, 0.6) is 23.0 Å². The molecule has 0 N–H and O–H groups in total. The van der Waals surface area contributed by atoms with E-state index in [-0.39, 0.29) is 36.3 Å². The second-order valence-electron chi connectivity index (χ2n) is 10.8. The molecule has 5 rings (SSSR count). The van der Waals surface area contributed by atoms with Crippen LogP contribution in [0.1, 0.15) is 50.4 Å². The van der Waals surface area contributed by atoms with Gasteiger partial charge in [-0.3, -0.25) is 9.36 Å². The van der Waals surface area contributed by atoms with Gasteiger partial charge < -0.3 is 23.7 Å². The number of aromatic nitrogens is 1. The van der Waals surface area contributed by atoms with Crippen molar-refractivity contribution in [2.75, 3.05) is 20.8 Å². The lowest BCUT2D eigenvalue weighted by molar-refractivity contribution is -0.139. The van der Waals surface area contributed by atoms with Gasteiger partial charge in [0.15, 0.2) is 27.8 Å². The zero-order valence-electron chi connectivity index (χ0n) is 26.8. The van der Waals surface area contributed by atoms with Crippen LogP contribution in [0, 0.1) is 9.39 Å². The van der Waals surface area contributed by atoms with Crippen LogP contribution in [0.25, 0.3) is 6.08 Å². The Morgan fingerprint density at radius 2 is 1.79 bits per heavy atom. The van der Waals surface area contributed by atoms with Gasteiger partial charge in [-0.1, -0.05) is 29.5 Å². The third kappa shape index (κ3) is 7.38. The molecule has 0 amide bonds. The highest BCUT2D eigenvalue weighted by atomic mass is 127. The zero-order valence-corrected chi connectivity index (χ0v) is 29.7. The van der Waals surface area contributed by atoms with Crippen molar-refractivity contribution in [1.82, 2.24) is 4.57 Å². The number of allylic oxidation sites excluding steroid dienone is 1. The second-order valence-corrected chi connectivity index (χ2v) is 13.1. The predicted molar refractivity (Wildman–Crippen MR) is 186 cm³/mol. The molecule has 47 heavy (non-hydrogen) atoms. The highest BCUT2D eigenvalue weighted by Gasteiger charge is 2.34. The molecule has 1 aliphatic heterocycles. The first-order valence-corrected chi connectivity index (χ1v) is 16.7. The van der Waals surface area contributed by atoms with Gasteiger partial charge in [-0.15, -0.1) is 0 Å². The quantitative estimate of drug-likeness (QED) is 0.138. The van der Waals surface area contributed by atoms with Crippen molar-refractivity contribution in [3.05, 3.63) is 112 Å². The van der Waals surface area contributed by atoms with E-state index in [4.69, 9.17) is 23.7 Å². The Hall–Kier alpha value is -4.17. The van der Waals surface area contributed by atoms with E-state index in [1.54, 1.807) is 51.3 Å². The molecule has 246 valence electrons. The number of esters is 1. The van der Waals surface area contributed by atoms with E-state index >= 15 is 0 Å². The number of methoxy groups -OCH3 is 2. The average molecular weight is 773 g/mol. The van der Waals surface area contributed by atoms with Crippen LogP contribution in [-0.2, 0) is 16.1 Å². The maximum atomic E-state index is 14.3. The normalized spacial score (nSPS) is 14.5. The molecular formula is C35H34FIN2O7S. The number of ether oxygens (including phenoxy) is 5. The van der Waals surface area contributed by atoms with E-state index < -0.39 is 12.0 Å². The topological polar surface area (TPSA) is 97.6 Å². The highest BCUT2D eigenvalue weighted by molar-refractivity contribution is 14.1. The molecule has 0 spiro atoms. The summed E-state index contributed by atoms with van der Waals surface area (Å²) in [5.41, 5.74) is 2.35. The Morgan fingerprint density at radius 3 is 2.45 bits per heavy atom. The summed E-state index contributed by atoms with van der Waals surface area (Å²) < 4.78 is 45.0. The standard InChI is InChI=1S/C35H34FIN2O7S/c1-7-44-34(41)30-20(4)38-35-39(31(30)22-10-13-26(46-19(2)3)27(15-22)42-5)33(40)29(47-35)16-23-14-25(37)17-28(43-6)32(23)45-18-21-8-11-24(36)12-9-21/h8-17,19,31H,7,18H2,1-6H3/b29-16+/t31-/m1/s1. The van der Waals surface area contributed by atoms with Crippen LogP contribution < -0.4 is 33.8 Å². The molecule has 0 aliphatic carbocycles. The second kappa shape index (κ2) is 14.7. The minimum absolute atomic E-state index is 0.0890. The summed E-state index contributed by atoms with van der Waals surface area (Å²) in [6, 6.07) is 14.2. The smallest absolute Gasteiger partial charge is 0.338 e. The molecule has 0 unspecified atom stereocenters. The largest absolute Gasteiger partial charge is 0.493 e. The number of rotatable bonds is 11. The number of nitrogens with zero attached hydrogens (tertiary/aromatic N) is 2. The number of hydrogen-bond acceptors (Lipinski definition) is 9. The van der Waals surface area contributed by atoms with Gasteiger partial charge in [0.25, 0.3) is 5.56 Å². The van der Waals surface area contributed by atoms with E-state index in [1.807, 2.05) is 32.0 Å². The summed E-state index contributed by atoms with van der Waals surface area (Å²) in [7, 11) is 3.08. The van der Waals surface area contributed by atoms with Gasteiger partial charge in [-0.2, -0.15) is 0 Å². The Bertz CT molecular complexity index is 2020. The van der Waals surface area contributed by atoms with Crippen LogP contribution in [-0.4, -0.2) is 37.5 Å². The third-order valence-electron chi connectivity index (χ3n) is 7.23. The van der Waals surface area contributed by atoms with Gasteiger partial charge in [0.1, 0.15) is 12.4 Å². The molecule has 0 saturated carbocycles. The van der Waals surface area contributed by atoms with E-state index in [1.165, 1.54) is 35.1 Å². The number of fused-ring (bicyclic) bond motifs is 1. The summed E-state index contributed by atoms with van der Waals surface area (Å²) in [4.78, 5) is 32.8. The molecule has 1 aliphatic rings. The van der Waals surface area contributed by atoms with E-state index in [0.29, 0.717) is 49.2 Å². The lowest BCUT2D eigenvalue weighted by Gasteiger charge is -2.25. The third-order valence-corrected chi connectivity index (χ3v) is 8.84. The van der Waals surface area contributed by atoms with Crippen molar-refractivity contribution in [3.8, 4) is 23.0 Å². The fraction of sp³-hybridized carbons (Fsp3) is 0.286. The summed E-state index contributed by atoms with van der Waals surface area (Å²) in [6.07, 6.45) is 1.64. The number of thiazole rings is 1. The van der Waals surface area contributed by atoms with Crippen LogP contribution in [0.15, 0.2) is 75.7 Å². The van der Waals surface area contributed by atoms with Crippen molar-refractivity contribution in [3.63, 3.8) is 0 Å². The molecule has 1 aromatic heterocycles. The molecule has 9 nitrogen and oxygen atoms in total. The van der Waals surface area contributed by atoms with Gasteiger partial charge in [-0.25, -0.2) is 14.2 Å². The number of halogens is 2. The molecular weight excluding hydrogens is 738 g/mol. The highest BCUT2D eigenvalue weighted by Crippen LogP contribution is 2.37. The molecule has 0 fully saturated rings. The predicted octanol–water partition coefficient (Wildman–Crippen LogP) is 5.93. The number of carbonyl (C=O) groups excluding carboxylic acids is 1. The lowest BCUT2D eigenvalue weighted by Crippen LogP contribution is -2.40. The molecule has 1 atom stereocenters. The zero-order chi connectivity index (χ0) is 33.8. The molecule has 12 heteroatoms. The van der Waals surface area contributed by atoms with Crippen LogP contribution in [0.2, 0.25) is 0 Å². The van der Waals surface area contributed by atoms with Crippen molar-refractivity contribution >= 4 is 46.0 Å². The summed E-state index contributed by atoms with van der Waals surface area (Å²) in [5, 5.41) is 0. The minimum Gasteiger partial charge on any atom is -0.493 e. The van der Waals surface area contributed by atoms with Gasteiger partial charge in [0.2, 0.25) is 0 Å². The Morgan fingerprint density at radius 1 is 1.06 bits per heavy atom. The van der Waals surface area contributed by atoms with E-state index in [9.17, 15) is 14.0 Å². The first kappa shape index (κ1) is 34.2.